The molecule has 0 fully saturated rings. The van der Waals surface area contributed by atoms with Crippen molar-refractivity contribution in [2.24, 2.45) is 0 Å². The van der Waals surface area contributed by atoms with E-state index in [1.807, 2.05) is 24.3 Å². The van der Waals surface area contributed by atoms with Crippen LogP contribution in [0.2, 0.25) is 0 Å². The standard InChI is InChI=1S/C17H19NO3/c1-2-13-7-9-14(10-8-13)11-21-17(19)12-20-16-6-4-3-5-15(16)18/h3-10H,2,11-12,18H2,1H3. The van der Waals surface area contributed by atoms with Gasteiger partial charge in [0.15, 0.2) is 6.61 Å². The third-order valence-electron chi connectivity index (χ3n) is 3.10. The van der Waals surface area contributed by atoms with Gasteiger partial charge < -0.3 is 15.2 Å². The quantitative estimate of drug-likeness (QED) is 0.654. The molecule has 4 nitrogen and oxygen atoms in total. The zero-order valence-electron chi connectivity index (χ0n) is 12.0. The molecule has 2 aromatic rings. The van der Waals surface area contributed by atoms with Crippen molar-refractivity contribution in [2.45, 2.75) is 20.0 Å². The normalized spacial score (nSPS) is 10.1. The van der Waals surface area contributed by atoms with Gasteiger partial charge in [-0.15, -0.1) is 0 Å². The van der Waals surface area contributed by atoms with Crippen LogP contribution < -0.4 is 10.5 Å². The molecular weight excluding hydrogens is 266 g/mol. The number of hydrogen-bond acceptors (Lipinski definition) is 4. The van der Waals surface area contributed by atoms with Crippen LogP contribution >= 0.6 is 0 Å². The predicted octanol–water partition coefficient (Wildman–Crippen LogP) is 2.95. The van der Waals surface area contributed by atoms with Crippen LogP contribution in [0.15, 0.2) is 48.5 Å². The molecular formula is C17H19NO3. The number of esters is 1. The van der Waals surface area contributed by atoms with Crippen LogP contribution in [0, 0.1) is 0 Å². The van der Waals surface area contributed by atoms with Crippen molar-refractivity contribution in [3.63, 3.8) is 0 Å². The number of rotatable bonds is 6. The molecule has 0 bridgehead atoms. The fraction of sp³-hybridized carbons (Fsp3) is 0.235. The predicted molar refractivity (Wildman–Crippen MR) is 82.0 cm³/mol. The minimum Gasteiger partial charge on any atom is -0.480 e. The van der Waals surface area contributed by atoms with E-state index in [0.717, 1.165) is 12.0 Å². The molecule has 0 saturated heterocycles. The summed E-state index contributed by atoms with van der Waals surface area (Å²) >= 11 is 0. The van der Waals surface area contributed by atoms with E-state index in [-0.39, 0.29) is 13.2 Å². The Hall–Kier alpha value is -2.49. The van der Waals surface area contributed by atoms with Gasteiger partial charge >= 0.3 is 5.97 Å². The molecule has 0 atom stereocenters. The highest BCUT2D eigenvalue weighted by molar-refractivity contribution is 5.71. The van der Waals surface area contributed by atoms with Crippen LogP contribution in [0.5, 0.6) is 5.75 Å². The van der Waals surface area contributed by atoms with Gasteiger partial charge in [0.1, 0.15) is 12.4 Å². The van der Waals surface area contributed by atoms with Crippen molar-refractivity contribution in [1.82, 2.24) is 0 Å². The highest BCUT2D eigenvalue weighted by Crippen LogP contribution is 2.19. The fourth-order valence-electron chi connectivity index (χ4n) is 1.83. The number of carbonyl (C=O) groups is 1. The van der Waals surface area contributed by atoms with E-state index >= 15 is 0 Å². The summed E-state index contributed by atoms with van der Waals surface area (Å²) in [6.07, 6.45) is 0.992. The topological polar surface area (TPSA) is 61.5 Å². The third-order valence-corrected chi connectivity index (χ3v) is 3.10. The number of aryl methyl sites for hydroxylation is 1. The Morgan fingerprint density at radius 3 is 2.38 bits per heavy atom. The molecule has 2 N–H and O–H groups in total. The first kappa shape index (κ1) is 14.9. The Balaban J connectivity index is 1.78. The number of hydrogen-bond donors (Lipinski definition) is 1. The summed E-state index contributed by atoms with van der Waals surface area (Å²) in [6.45, 7) is 2.19. The lowest BCUT2D eigenvalue weighted by Crippen LogP contribution is -2.15. The molecule has 0 spiro atoms. The van der Waals surface area contributed by atoms with Gasteiger partial charge in [0.05, 0.1) is 5.69 Å². The minimum absolute atomic E-state index is 0.152. The van der Waals surface area contributed by atoms with E-state index in [1.54, 1.807) is 24.3 Å². The van der Waals surface area contributed by atoms with Gasteiger partial charge in [-0.05, 0) is 29.7 Å². The van der Waals surface area contributed by atoms with Gasteiger partial charge in [-0.1, -0.05) is 43.3 Å². The van der Waals surface area contributed by atoms with Crippen molar-refractivity contribution >= 4 is 11.7 Å². The van der Waals surface area contributed by atoms with Crippen LogP contribution in [0.3, 0.4) is 0 Å². The number of benzene rings is 2. The average Bonchev–Trinajstić information content (AvgIpc) is 2.52. The lowest BCUT2D eigenvalue weighted by Gasteiger charge is -2.09. The van der Waals surface area contributed by atoms with Gasteiger partial charge in [-0.3, -0.25) is 0 Å². The second-order valence-corrected chi connectivity index (χ2v) is 4.66. The summed E-state index contributed by atoms with van der Waals surface area (Å²) in [4.78, 5) is 11.6. The summed E-state index contributed by atoms with van der Waals surface area (Å²) < 4.78 is 10.5. The van der Waals surface area contributed by atoms with Gasteiger partial charge in [-0.25, -0.2) is 4.79 Å². The molecule has 0 aliphatic carbocycles. The lowest BCUT2D eigenvalue weighted by molar-refractivity contribution is -0.147. The third kappa shape index (κ3) is 4.53. The van der Waals surface area contributed by atoms with Gasteiger partial charge in [-0.2, -0.15) is 0 Å². The summed E-state index contributed by atoms with van der Waals surface area (Å²) in [7, 11) is 0. The molecule has 110 valence electrons. The first-order chi connectivity index (χ1) is 10.2. The first-order valence-electron chi connectivity index (χ1n) is 6.89. The van der Waals surface area contributed by atoms with Crippen LogP contribution in [0.25, 0.3) is 0 Å². The van der Waals surface area contributed by atoms with Gasteiger partial charge in [0.2, 0.25) is 0 Å². The maximum atomic E-state index is 11.6. The van der Waals surface area contributed by atoms with E-state index < -0.39 is 5.97 Å². The Morgan fingerprint density at radius 2 is 1.71 bits per heavy atom. The van der Waals surface area contributed by atoms with E-state index in [0.29, 0.717) is 11.4 Å². The molecule has 0 aromatic heterocycles. The van der Waals surface area contributed by atoms with E-state index in [1.165, 1.54) is 5.56 Å². The molecule has 21 heavy (non-hydrogen) atoms. The summed E-state index contributed by atoms with van der Waals surface area (Å²) in [5.74, 6) is 0.0690. The average molecular weight is 285 g/mol. The van der Waals surface area contributed by atoms with Gasteiger partial charge in [0, 0.05) is 0 Å². The van der Waals surface area contributed by atoms with E-state index in [9.17, 15) is 4.79 Å². The highest BCUT2D eigenvalue weighted by Gasteiger charge is 2.06. The maximum Gasteiger partial charge on any atom is 0.344 e. The Kier molecular flexibility index (Phi) is 5.21. The number of nitrogen functional groups attached to an aromatic ring is 1. The summed E-state index contributed by atoms with van der Waals surface area (Å²) in [6, 6.07) is 15.0. The SMILES string of the molecule is CCc1ccc(COC(=O)COc2ccccc2N)cc1. The van der Waals surface area contributed by atoms with E-state index in [4.69, 9.17) is 15.2 Å². The number of para-hydroxylation sites is 2. The maximum absolute atomic E-state index is 11.6. The highest BCUT2D eigenvalue weighted by atomic mass is 16.6. The number of ether oxygens (including phenoxy) is 2. The zero-order chi connectivity index (χ0) is 15.1. The molecule has 0 saturated carbocycles. The molecule has 0 radical (unpaired) electrons. The molecule has 0 aliphatic heterocycles. The van der Waals surface area contributed by atoms with Crippen LogP contribution in [-0.4, -0.2) is 12.6 Å². The molecule has 2 aromatic carbocycles. The van der Waals surface area contributed by atoms with Crippen molar-refractivity contribution in [3.05, 3.63) is 59.7 Å². The summed E-state index contributed by atoms with van der Waals surface area (Å²) in [5, 5.41) is 0. The molecule has 0 aliphatic rings. The van der Waals surface area contributed by atoms with Crippen LogP contribution in [0.1, 0.15) is 18.1 Å². The van der Waals surface area contributed by atoms with Crippen molar-refractivity contribution in [3.8, 4) is 5.75 Å². The Labute approximate surface area is 124 Å². The fourth-order valence-corrected chi connectivity index (χ4v) is 1.83. The second-order valence-electron chi connectivity index (χ2n) is 4.66. The lowest BCUT2D eigenvalue weighted by atomic mass is 10.1. The van der Waals surface area contributed by atoms with Crippen molar-refractivity contribution in [2.75, 3.05) is 12.3 Å². The second kappa shape index (κ2) is 7.33. The first-order valence-corrected chi connectivity index (χ1v) is 6.89. The van der Waals surface area contributed by atoms with Crippen molar-refractivity contribution in [1.29, 1.82) is 0 Å². The molecule has 0 heterocycles. The number of nitrogens with two attached hydrogens (primary N) is 1. The van der Waals surface area contributed by atoms with Crippen molar-refractivity contribution < 1.29 is 14.3 Å². The van der Waals surface area contributed by atoms with Gasteiger partial charge in [0.25, 0.3) is 0 Å². The summed E-state index contributed by atoms with van der Waals surface area (Å²) in [5.41, 5.74) is 8.44. The number of anilines is 1. The Morgan fingerprint density at radius 1 is 1.05 bits per heavy atom. The molecule has 0 amide bonds. The van der Waals surface area contributed by atoms with E-state index in [2.05, 4.69) is 6.92 Å². The Bertz CT molecular complexity index is 593. The molecule has 4 heteroatoms. The monoisotopic (exact) mass is 285 g/mol. The molecule has 0 unspecified atom stereocenters. The minimum atomic E-state index is -0.419. The molecule has 2 rings (SSSR count). The zero-order valence-corrected chi connectivity index (χ0v) is 12.0. The van der Waals surface area contributed by atoms with Crippen LogP contribution in [-0.2, 0) is 22.6 Å². The van der Waals surface area contributed by atoms with Crippen LogP contribution in [0.4, 0.5) is 5.69 Å². The smallest absolute Gasteiger partial charge is 0.344 e. The largest absolute Gasteiger partial charge is 0.480 e. The number of carbonyl (C=O) groups excluding carboxylic acids is 1.